The molecule has 1 atom stereocenters. The minimum absolute atomic E-state index is 0.0631. The van der Waals surface area contributed by atoms with E-state index in [1.165, 1.54) is 31.7 Å². The van der Waals surface area contributed by atoms with E-state index >= 15 is 0 Å². The summed E-state index contributed by atoms with van der Waals surface area (Å²) in [6.07, 6.45) is 5.47. The van der Waals surface area contributed by atoms with E-state index in [-0.39, 0.29) is 11.9 Å². The van der Waals surface area contributed by atoms with Crippen molar-refractivity contribution in [2.75, 3.05) is 0 Å². The van der Waals surface area contributed by atoms with Gasteiger partial charge in [-0.25, -0.2) is 4.39 Å². The van der Waals surface area contributed by atoms with E-state index in [4.69, 9.17) is 17.3 Å². The van der Waals surface area contributed by atoms with Gasteiger partial charge >= 0.3 is 0 Å². The highest BCUT2D eigenvalue weighted by molar-refractivity contribution is 6.30. The number of benzene rings is 1. The van der Waals surface area contributed by atoms with Crippen LogP contribution in [-0.4, -0.2) is 6.04 Å². The lowest BCUT2D eigenvalue weighted by Crippen LogP contribution is -2.34. The first kappa shape index (κ1) is 13.8. The lowest BCUT2D eigenvalue weighted by molar-refractivity contribution is 0.252. The molecule has 18 heavy (non-hydrogen) atoms. The maximum absolute atomic E-state index is 13.7. The molecule has 0 bridgehead atoms. The Balaban J connectivity index is 1.96. The zero-order valence-electron chi connectivity index (χ0n) is 10.8. The van der Waals surface area contributed by atoms with Crippen molar-refractivity contribution in [3.05, 3.63) is 34.6 Å². The first-order valence-corrected chi connectivity index (χ1v) is 7.13. The third-order valence-electron chi connectivity index (χ3n) is 4.14. The van der Waals surface area contributed by atoms with Crippen LogP contribution in [0.4, 0.5) is 4.39 Å². The maximum Gasteiger partial charge on any atom is 0.127 e. The average molecular weight is 270 g/mol. The second-order valence-corrected chi connectivity index (χ2v) is 6.06. The van der Waals surface area contributed by atoms with Gasteiger partial charge in [-0.05, 0) is 48.8 Å². The van der Waals surface area contributed by atoms with Crippen molar-refractivity contribution >= 4 is 11.6 Å². The van der Waals surface area contributed by atoms with Gasteiger partial charge < -0.3 is 5.73 Å². The standard InChI is InChI=1S/C15H21ClFN/c1-10-2-4-11(5-3-10)15(18)8-12-6-7-13(16)9-14(12)17/h6-7,9-11,15H,2-5,8,18H2,1H3. The van der Waals surface area contributed by atoms with Crippen LogP contribution >= 0.6 is 11.6 Å². The summed E-state index contributed by atoms with van der Waals surface area (Å²) >= 11 is 5.75. The third-order valence-corrected chi connectivity index (χ3v) is 4.37. The molecule has 3 heteroatoms. The summed E-state index contributed by atoms with van der Waals surface area (Å²) in [6, 6.07) is 4.92. The molecule has 2 rings (SSSR count). The summed E-state index contributed by atoms with van der Waals surface area (Å²) in [5.74, 6) is 1.12. The topological polar surface area (TPSA) is 26.0 Å². The van der Waals surface area contributed by atoms with Gasteiger partial charge in [0.2, 0.25) is 0 Å². The summed E-state index contributed by atoms with van der Waals surface area (Å²) < 4.78 is 13.7. The summed E-state index contributed by atoms with van der Waals surface area (Å²) in [4.78, 5) is 0. The van der Waals surface area contributed by atoms with Crippen LogP contribution in [0.5, 0.6) is 0 Å². The van der Waals surface area contributed by atoms with Gasteiger partial charge in [-0.3, -0.25) is 0 Å². The van der Waals surface area contributed by atoms with Crippen LogP contribution in [0.2, 0.25) is 5.02 Å². The van der Waals surface area contributed by atoms with E-state index < -0.39 is 0 Å². The van der Waals surface area contributed by atoms with Gasteiger partial charge in [0, 0.05) is 11.1 Å². The Labute approximate surface area is 114 Å². The molecule has 0 amide bonds. The number of nitrogens with two attached hydrogens (primary N) is 1. The van der Waals surface area contributed by atoms with E-state index in [0.29, 0.717) is 22.9 Å². The minimum atomic E-state index is -0.234. The second kappa shape index (κ2) is 6.03. The molecule has 1 nitrogen and oxygen atoms in total. The number of hydrogen-bond acceptors (Lipinski definition) is 1. The van der Waals surface area contributed by atoms with Crippen molar-refractivity contribution < 1.29 is 4.39 Å². The molecule has 0 saturated heterocycles. The zero-order chi connectivity index (χ0) is 13.1. The highest BCUT2D eigenvalue weighted by atomic mass is 35.5. The number of rotatable bonds is 3. The normalized spacial score (nSPS) is 26.0. The smallest absolute Gasteiger partial charge is 0.127 e. The highest BCUT2D eigenvalue weighted by Crippen LogP contribution is 2.31. The first-order chi connectivity index (χ1) is 8.56. The van der Waals surface area contributed by atoms with Crippen LogP contribution < -0.4 is 5.73 Å². The fourth-order valence-electron chi connectivity index (χ4n) is 2.82. The van der Waals surface area contributed by atoms with Gasteiger partial charge in [-0.1, -0.05) is 37.4 Å². The molecule has 1 aromatic rings. The van der Waals surface area contributed by atoms with Crippen molar-refractivity contribution in [2.45, 2.75) is 45.1 Å². The lowest BCUT2D eigenvalue weighted by Gasteiger charge is -2.30. The predicted molar refractivity (Wildman–Crippen MR) is 74.2 cm³/mol. The second-order valence-electron chi connectivity index (χ2n) is 5.62. The molecular formula is C15H21ClFN. The zero-order valence-corrected chi connectivity index (χ0v) is 11.6. The monoisotopic (exact) mass is 269 g/mol. The fourth-order valence-corrected chi connectivity index (χ4v) is 2.98. The van der Waals surface area contributed by atoms with Crippen molar-refractivity contribution in [3.8, 4) is 0 Å². The van der Waals surface area contributed by atoms with Crippen LogP contribution in [-0.2, 0) is 6.42 Å². The molecule has 1 saturated carbocycles. The Morgan fingerprint density at radius 2 is 2.00 bits per heavy atom. The van der Waals surface area contributed by atoms with Gasteiger partial charge in [0.05, 0.1) is 0 Å². The van der Waals surface area contributed by atoms with E-state index in [1.54, 1.807) is 12.1 Å². The van der Waals surface area contributed by atoms with Gasteiger partial charge in [-0.15, -0.1) is 0 Å². The molecule has 1 aliphatic carbocycles. The van der Waals surface area contributed by atoms with Crippen molar-refractivity contribution in [2.24, 2.45) is 17.6 Å². The average Bonchev–Trinajstić information content (AvgIpc) is 2.33. The van der Waals surface area contributed by atoms with Crippen LogP contribution in [0.15, 0.2) is 18.2 Å². The number of hydrogen-bond donors (Lipinski definition) is 1. The Morgan fingerprint density at radius 1 is 1.33 bits per heavy atom. The fraction of sp³-hybridized carbons (Fsp3) is 0.600. The molecular weight excluding hydrogens is 249 g/mol. The first-order valence-electron chi connectivity index (χ1n) is 6.75. The van der Waals surface area contributed by atoms with Gasteiger partial charge in [0.1, 0.15) is 5.82 Å². The van der Waals surface area contributed by atoms with Crippen molar-refractivity contribution in [1.29, 1.82) is 0 Å². The lowest BCUT2D eigenvalue weighted by atomic mass is 9.78. The molecule has 0 aliphatic heterocycles. The Morgan fingerprint density at radius 3 is 2.61 bits per heavy atom. The van der Waals surface area contributed by atoms with Crippen LogP contribution in [0.25, 0.3) is 0 Å². The van der Waals surface area contributed by atoms with Crippen molar-refractivity contribution in [3.63, 3.8) is 0 Å². The predicted octanol–water partition coefficient (Wildman–Crippen LogP) is 4.18. The largest absolute Gasteiger partial charge is 0.327 e. The Bertz CT molecular complexity index is 399. The van der Waals surface area contributed by atoms with E-state index in [1.807, 2.05) is 0 Å². The minimum Gasteiger partial charge on any atom is -0.327 e. The Kier molecular flexibility index (Phi) is 4.63. The summed E-state index contributed by atoms with van der Waals surface area (Å²) in [7, 11) is 0. The third kappa shape index (κ3) is 3.46. The van der Waals surface area contributed by atoms with E-state index in [0.717, 1.165) is 5.92 Å². The maximum atomic E-state index is 13.7. The summed E-state index contributed by atoms with van der Waals surface area (Å²) in [6.45, 7) is 2.29. The van der Waals surface area contributed by atoms with E-state index in [2.05, 4.69) is 6.92 Å². The molecule has 1 aromatic carbocycles. The summed E-state index contributed by atoms with van der Waals surface area (Å²) in [5.41, 5.74) is 6.92. The van der Waals surface area contributed by atoms with Crippen LogP contribution in [0.1, 0.15) is 38.2 Å². The van der Waals surface area contributed by atoms with Crippen LogP contribution in [0, 0.1) is 17.7 Å². The molecule has 1 unspecified atom stereocenters. The molecule has 0 aromatic heterocycles. The molecule has 0 heterocycles. The molecule has 2 N–H and O–H groups in total. The van der Waals surface area contributed by atoms with Crippen LogP contribution in [0.3, 0.4) is 0 Å². The molecule has 100 valence electrons. The molecule has 0 radical (unpaired) electrons. The van der Waals surface area contributed by atoms with Gasteiger partial charge in [0.15, 0.2) is 0 Å². The van der Waals surface area contributed by atoms with Gasteiger partial charge in [-0.2, -0.15) is 0 Å². The number of halogens is 2. The molecule has 1 aliphatic rings. The molecule has 0 spiro atoms. The highest BCUT2D eigenvalue weighted by Gasteiger charge is 2.24. The summed E-state index contributed by atoms with van der Waals surface area (Å²) in [5, 5.41) is 0.441. The Hall–Kier alpha value is -0.600. The molecule has 1 fully saturated rings. The van der Waals surface area contributed by atoms with E-state index in [9.17, 15) is 4.39 Å². The van der Waals surface area contributed by atoms with Gasteiger partial charge in [0.25, 0.3) is 0 Å². The quantitative estimate of drug-likeness (QED) is 0.875. The van der Waals surface area contributed by atoms with Crippen molar-refractivity contribution in [1.82, 2.24) is 0 Å². The SMILES string of the molecule is CC1CCC(C(N)Cc2ccc(Cl)cc2F)CC1.